The minimum Gasteiger partial charge on any atom is -0.366 e. The van der Waals surface area contributed by atoms with E-state index in [-0.39, 0.29) is 59.9 Å². The predicted octanol–water partition coefficient (Wildman–Crippen LogP) is 2.01. The van der Waals surface area contributed by atoms with Gasteiger partial charge in [-0.3, -0.25) is 4.79 Å². The molecule has 2 unspecified atom stereocenters. The van der Waals surface area contributed by atoms with Crippen molar-refractivity contribution in [3.05, 3.63) is 45.6 Å². The number of carbonyl (C=O) groups excluding carboxylic acids is 1. The largest absolute Gasteiger partial charge is 0.368 e. The Morgan fingerprint density at radius 1 is 1.13 bits per heavy atom. The first-order chi connectivity index (χ1) is 18.1. The van der Waals surface area contributed by atoms with Crippen LogP contribution in [0.5, 0.6) is 0 Å². The van der Waals surface area contributed by atoms with Crippen LogP contribution in [0.4, 0.5) is 14.5 Å². The minimum absolute atomic E-state index is 0.0616. The molecule has 0 bridgehead atoms. The number of aliphatic imine (C=N–C) groups is 1. The van der Waals surface area contributed by atoms with Crippen molar-refractivity contribution in [2.45, 2.75) is 75.9 Å². The van der Waals surface area contributed by atoms with Crippen LogP contribution in [0.15, 0.2) is 33.6 Å². The molecule has 2 atom stereocenters. The van der Waals surface area contributed by atoms with Crippen molar-refractivity contribution in [2.75, 3.05) is 11.9 Å². The number of nitrogens with zero attached hydrogens (tertiary/aromatic N) is 6. The van der Waals surface area contributed by atoms with Crippen molar-refractivity contribution < 1.29 is 13.6 Å². The van der Waals surface area contributed by atoms with Crippen LogP contribution >= 0.6 is 0 Å². The zero-order valence-electron chi connectivity index (χ0n) is 21.6. The summed E-state index contributed by atoms with van der Waals surface area (Å²) in [5.41, 5.74) is 0.592. The summed E-state index contributed by atoms with van der Waals surface area (Å²) in [5.74, 6) is -0.534. The van der Waals surface area contributed by atoms with Crippen LogP contribution in [0.2, 0.25) is 0 Å². The lowest BCUT2D eigenvalue weighted by atomic mass is 9.96. The van der Waals surface area contributed by atoms with E-state index in [9.17, 15) is 14.0 Å². The Labute approximate surface area is 217 Å². The minimum atomic E-state index is -0.525. The second-order valence-electron chi connectivity index (χ2n) is 11.2. The molecule has 1 saturated carbocycles. The van der Waals surface area contributed by atoms with Crippen LogP contribution in [0.25, 0.3) is 5.69 Å². The normalized spacial score (nSPS) is 24.7. The molecule has 1 aliphatic carbocycles. The summed E-state index contributed by atoms with van der Waals surface area (Å²) in [6.45, 7) is 3.93. The Morgan fingerprint density at radius 2 is 1.92 bits per heavy atom. The van der Waals surface area contributed by atoms with Gasteiger partial charge in [-0.2, -0.15) is 9.36 Å². The second-order valence-corrected chi connectivity index (χ2v) is 11.2. The summed E-state index contributed by atoms with van der Waals surface area (Å²) in [6, 6.07) is 2.80. The lowest BCUT2D eigenvalue weighted by molar-refractivity contribution is -0.140. The number of tetrazole rings is 1. The number of anilines is 1. The Balaban J connectivity index is 1.19. The van der Waals surface area contributed by atoms with Crippen LogP contribution < -0.4 is 21.6 Å². The highest BCUT2D eigenvalue weighted by atomic mass is 19.1. The SMILES string of the molecule is Cn1nnn(-c2cc(NC3=NCC(F)=C(NC4CC(=O)N5C(CCC5(C)C)C4)N3)c(F)cc2C2CC2)c1=O. The molecule has 6 rings (SSSR count). The molecular formula is C25H31F2N9O2. The Kier molecular flexibility index (Phi) is 5.76. The zero-order valence-corrected chi connectivity index (χ0v) is 21.6. The highest BCUT2D eigenvalue weighted by molar-refractivity contribution is 5.96. The maximum Gasteiger partial charge on any atom is 0.368 e. The monoisotopic (exact) mass is 527 g/mol. The van der Waals surface area contributed by atoms with Crippen molar-refractivity contribution in [3.8, 4) is 5.69 Å². The first-order valence-electron chi connectivity index (χ1n) is 13.0. The molecule has 2 saturated heterocycles. The van der Waals surface area contributed by atoms with Gasteiger partial charge in [-0.05, 0) is 80.0 Å². The van der Waals surface area contributed by atoms with E-state index in [0.29, 0.717) is 11.3 Å². The van der Waals surface area contributed by atoms with E-state index >= 15 is 4.39 Å². The smallest absolute Gasteiger partial charge is 0.366 e. The topological polar surface area (TPSA) is 121 Å². The van der Waals surface area contributed by atoms with Gasteiger partial charge in [0.1, 0.15) is 11.6 Å². The van der Waals surface area contributed by atoms with Crippen molar-refractivity contribution in [3.63, 3.8) is 0 Å². The number of hydrogen-bond acceptors (Lipinski definition) is 8. The second kappa shape index (κ2) is 8.91. The van der Waals surface area contributed by atoms with E-state index in [1.54, 1.807) is 0 Å². The van der Waals surface area contributed by atoms with Gasteiger partial charge in [-0.25, -0.2) is 18.6 Å². The first-order valence-corrected chi connectivity index (χ1v) is 13.0. The summed E-state index contributed by atoms with van der Waals surface area (Å²) < 4.78 is 32.2. The molecule has 1 amide bonds. The number of aromatic nitrogens is 4. The third kappa shape index (κ3) is 4.33. The lowest BCUT2D eigenvalue weighted by Gasteiger charge is -2.42. The molecule has 3 aliphatic heterocycles. The summed E-state index contributed by atoms with van der Waals surface area (Å²) in [4.78, 5) is 31.5. The van der Waals surface area contributed by atoms with Crippen molar-refractivity contribution >= 4 is 17.6 Å². The van der Waals surface area contributed by atoms with Gasteiger partial charge < -0.3 is 20.9 Å². The summed E-state index contributed by atoms with van der Waals surface area (Å²) in [7, 11) is 1.49. The van der Waals surface area contributed by atoms with Gasteiger partial charge in [0.15, 0.2) is 5.83 Å². The van der Waals surface area contributed by atoms with E-state index in [1.807, 2.05) is 4.90 Å². The maximum absolute atomic E-state index is 15.2. The van der Waals surface area contributed by atoms with E-state index in [1.165, 1.54) is 19.2 Å². The molecule has 4 heterocycles. The number of amides is 1. The zero-order chi connectivity index (χ0) is 26.8. The molecule has 38 heavy (non-hydrogen) atoms. The number of guanidine groups is 1. The fraction of sp³-hybridized carbons (Fsp3) is 0.560. The van der Waals surface area contributed by atoms with Gasteiger partial charge in [-0.1, -0.05) is 0 Å². The summed E-state index contributed by atoms with van der Waals surface area (Å²) in [5, 5.41) is 16.6. The molecule has 2 aromatic rings. The molecule has 0 radical (unpaired) electrons. The highest BCUT2D eigenvalue weighted by Gasteiger charge is 2.46. The van der Waals surface area contributed by atoms with Crippen LogP contribution in [-0.2, 0) is 11.8 Å². The van der Waals surface area contributed by atoms with Crippen molar-refractivity contribution in [1.82, 2.24) is 35.3 Å². The number of piperidine rings is 1. The molecule has 202 valence electrons. The summed E-state index contributed by atoms with van der Waals surface area (Å²) >= 11 is 0. The Bertz CT molecular complexity index is 1420. The number of nitrogens with one attached hydrogen (secondary N) is 3. The average molecular weight is 528 g/mol. The Morgan fingerprint density at radius 3 is 2.63 bits per heavy atom. The van der Waals surface area contributed by atoms with Crippen LogP contribution in [0, 0.1) is 5.82 Å². The van der Waals surface area contributed by atoms with E-state index < -0.39 is 17.3 Å². The maximum atomic E-state index is 15.2. The molecule has 11 nitrogen and oxygen atoms in total. The lowest BCUT2D eigenvalue weighted by Crippen LogP contribution is -2.55. The number of fused-ring (bicyclic) bond motifs is 1. The van der Waals surface area contributed by atoms with Gasteiger partial charge >= 0.3 is 5.69 Å². The highest BCUT2D eigenvalue weighted by Crippen LogP contribution is 2.44. The average Bonchev–Trinajstić information content (AvgIpc) is 3.59. The standard InChI is InChI=1S/C25H31F2N9O2/c1-25(2)7-6-15-8-14(9-21(37)35(15)25)29-22-18(27)12-28-23(31-22)30-19-11-20(36-24(38)34(3)32-33-36)16(10-17(19)26)13-4-5-13/h10-11,13-15,29H,4-9,12H2,1-3H3,(H2,28,30,31). The number of halogens is 2. The molecule has 4 aliphatic rings. The van der Waals surface area contributed by atoms with E-state index in [4.69, 9.17) is 0 Å². The third-order valence-corrected chi connectivity index (χ3v) is 7.93. The fourth-order valence-corrected chi connectivity index (χ4v) is 5.87. The van der Waals surface area contributed by atoms with Gasteiger partial charge in [-0.15, -0.1) is 0 Å². The molecule has 0 spiro atoms. The van der Waals surface area contributed by atoms with Gasteiger partial charge in [0.05, 0.1) is 17.9 Å². The molecule has 1 aromatic carbocycles. The van der Waals surface area contributed by atoms with Gasteiger partial charge in [0.2, 0.25) is 11.9 Å². The summed E-state index contributed by atoms with van der Waals surface area (Å²) in [6.07, 6.45) is 4.67. The molecule has 13 heteroatoms. The van der Waals surface area contributed by atoms with E-state index in [2.05, 4.69) is 45.2 Å². The van der Waals surface area contributed by atoms with Crippen molar-refractivity contribution in [2.24, 2.45) is 12.0 Å². The fourth-order valence-electron chi connectivity index (χ4n) is 5.87. The first kappa shape index (κ1) is 24.6. The van der Waals surface area contributed by atoms with Crippen LogP contribution in [0.3, 0.4) is 0 Å². The number of hydrogen-bond donors (Lipinski definition) is 3. The number of benzene rings is 1. The number of aryl methyl sites for hydroxylation is 1. The van der Waals surface area contributed by atoms with E-state index in [0.717, 1.165) is 41.5 Å². The molecule has 3 N–H and O–H groups in total. The van der Waals surface area contributed by atoms with Crippen LogP contribution in [0.1, 0.15) is 63.9 Å². The van der Waals surface area contributed by atoms with Gasteiger partial charge in [0.25, 0.3) is 0 Å². The third-order valence-electron chi connectivity index (χ3n) is 7.93. The predicted molar refractivity (Wildman–Crippen MR) is 136 cm³/mol. The van der Waals surface area contributed by atoms with Crippen molar-refractivity contribution in [1.29, 1.82) is 0 Å². The quantitative estimate of drug-likeness (QED) is 0.544. The molecule has 1 aromatic heterocycles. The Hall–Kier alpha value is -3.77. The van der Waals surface area contributed by atoms with Gasteiger partial charge in [0, 0.05) is 31.1 Å². The molecule has 3 fully saturated rings. The number of rotatable bonds is 5. The number of carbonyl (C=O) groups is 1. The molecular weight excluding hydrogens is 496 g/mol. The van der Waals surface area contributed by atoms with Crippen LogP contribution in [-0.4, -0.2) is 60.7 Å².